The number of primary amides is 2. The van der Waals surface area contributed by atoms with Crippen LogP contribution in [0.25, 0.3) is 0 Å². The highest BCUT2D eigenvalue weighted by atomic mass is 16.4. The van der Waals surface area contributed by atoms with Gasteiger partial charge in [-0.05, 0) is 102 Å². The summed E-state index contributed by atoms with van der Waals surface area (Å²) < 4.78 is 0. The molecule has 0 fully saturated rings. The maximum atomic E-state index is 14.2. The van der Waals surface area contributed by atoms with Gasteiger partial charge in [-0.25, -0.2) is 4.79 Å². The molecule has 0 aliphatic heterocycles. The molecule has 41 heteroatoms. The first-order valence-electron chi connectivity index (χ1n) is 34.2. The van der Waals surface area contributed by atoms with Gasteiger partial charge in [0.2, 0.25) is 88.6 Å². The molecule has 0 unspecified atom stereocenters. The molecule has 0 aliphatic rings. The highest BCUT2D eigenvalue weighted by molar-refractivity contribution is 6.01. The molecule has 0 saturated carbocycles. The number of phenols is 1. The number of benzene rings is 2. The Kier molecular flexibility index (Phi) is 40.8. The average Bonchev–Trinajstić information content (AvgIpc) is 0.855. The highest BCUT2D eigenvalue weighted by Gasteiger charge is 2.39. The number of hydrogen-bond acceptors (Lipinski definition) is 24. The number of phenolic OH excluding ortho intramolecular Hbond substituents is 1. The van der Waals surface area contributed by atoms with Crippen molar-refractivity contribution in [3.8, 4) is 5.75 Å². The van der Waals surface area contributed by atoms with Crippen molar-refractivity contribution in [2.45, 2.75) is 196 Å². The van der Waals surface area contributed by atoms with Crippen molar-refractivity contribution in [2.24, 2.45) is 34.6 Å². The maximum absolute atomic E-state index is 14.2. The van der Waals surface area contributed by atoms with Crippen LogP contribution < -0.4 is 97.8 Å². The molecule has 0 saturated heterocycles. The summed E-state index contributed by atoms with van der Waals surface area (Å²) >= 11 is 0. The van der Waals surface area contributed by atoms with Crippen LogP contribution in [-0.4, -0.2) is 249 Å². The van der Waals surface area contributed by atoms with Crippen LogP contribution >= 0.6 is 0 Å². The number of aliphatic hydroxyl groups excluding tert-OH is 3. The summed E-state index contributed by atoms with van der Waals surface area (Å²) in [7, 11) is 0. The van der Waals surface area contributed by atoms with Crippen LogP contribution in [0.2, 0.25) is 0 Å². The number of aliphatic hydroxyl groups is 3. The van der Waals surface area contributed by atoms with Gasteiger partial charge in [0.05, 0.1) is 51.2 Å². The van der Waals surface area contributed by atoms with Gasteiger partial charge in [0.25, 0.3) is 0 Å². The zero-order chi connectivity index (χ0) is 80.8. The van der Waals surface area contributed by atoms with Gasteiger partial charge in [0, 0.05) is 12.8 Å². The lowest BCUT2D eigenvalue weighted by Gasteiger charge is -2.28. The van der Waals surface area contributed by atoms with Gasteiger partial charge in [-0.1, -0.05) is 62.7 Å². The van der Waals surface area contributed by atoms with E-state index in [1.165, 1.54) is 24.3 Å². The minimum Gasteiger partial charge on any atom is -0.508 e. The Labute approximate surface area is 615 Å². The number of carbonyl (C=O) groups excluding carboxylic acids is 15. The molecule has 0 aromatic heterocycles. The zero-order valence-electron chi connectivity index (χ0n) is 59.9. The summed E-state index contributed by atoms with van der Waals surface area (Å²) in [6, 6.07) is -7.53. The number of rotatable bonds is 50. The molecule has 2 rings (SSSR count). The van der Waals surface area contributed by atoms with Crippen molar-refractivity contribution < 1.29 is 112 Å². The third kappa shape index (κ3) is 33.8. The van der Waals surface area contributed by atoms with E-state index < -0.39 is 237 Å². The summed E-state index contributed by atoms with van der Waals surface area (Å²) in [6.45, 7) is 4.19. The second kappa shape index (κ2) is 47.4. The second-order valence-electron chi connectivity index (χ2n) is 25.2. The number of nitrogens with one attached hydrogen (secondary N) is 13. The van der Waals surface area contributed by atoms with Crippen molar-refractivity contribution in [3.05, 3.63) is 65.7 Å². The van der Waals surface area contributed by atoms with Crippen LogP contribution in [-0.2, 0) is 94.3 Å². The van der Waals surface area contributed by atoms with E-state index in [4.69, 9.17) is 28.7 Å². The Balaban J connectivity index is 2.39. The van der Waals surface area contributed by atoms with Gasteiger partial charge < -0.3 is 128 Å². The van der Waals surface area contributed by atoms with Gasteiger partial charge in [-0.2, -0.15) is 0 Å². The molecule has 594 valence electrons. The highest BCUT2D eigenvalue weighted by Crippen LogP contribution is 2.15. The Hall–Kier alpha value is -11.0. The number of amides is 15. The normalized spacial score (nSPS) is 15.2. The van der Waals surface area contributed by atoms with E-state index in [9.17, 15) is 112 Å². The van der Waals surface area contributed by atoms with E-state index in [2.05, 4.69) is 69.1 Å². The number of carboxylic acid groups (broad SMARTS) is 2. The van der Waals surface area contributed by atoms with E-state index in [-0.39, 0.29) is 62.9 Å². The molecular formula is C66H102N18O23. The predicted octanol–water partition coefficient (Wildman–Crippen LogP) is -9.54. The fraction of sp³-hybridized carbons (Fsp3) is 0.561. The smallest absolute Gasteiger partial charge is 0.328 e. The van der Waals surface area contributed by atoms with Gasteiger partial charge in [-0.15, -0.1) is 0 Å². The van der Waals surface area contributed by atoms with Gasteiger partial charge >= 0.3 is 11.9 Å². The first kappa shape index (κ1) is 92.1. The van der Waals surface area contributed by atoms with Crippen molar-refractivity contribution >= 4 is 101 Å². The largest absolute Gasteiger partial charge is 0.508 e. The summed E-state index contributed by atoms with van der Waals surface area (Å²) in [6.07, 6.45) is -6.34. The molecule has 15 amide bonds. The van der Waals surface area contributed by atoms with Crippen LogP contribution in [0.3, 0.4) is 0 Å². The quantitative estimate of drug-likeness (QED) is 0.0274. The van der Waals surface area contributed by atoms with E-state index >= 15 is 0 Å². The van der Waals surface area contributed by atoms with E-state index in [0.717, 1.165) is 20.8 Å². The third-order valence-electron chi connectivity index (χ3n) is 16.3. The second-order valence-corrected chi connectivity index (χ2v) is 25.2. The van der Waals surface area contributed by atoms with Gasteiger partial charge in [0.15, 0.2) is 6.04 Å². The molecule has 29 N–H and O–H groups in total. The molecule has 0 bridgehead atoms. The Morgan fingerprint density at radius 2 is 0.813 bits per heavy atom. The van der Waals surface area contributed by atoms with Gasteiger partial charge in [-0.3, -0.25) is 76.7 Å². The van der Waals surface area contributed by atoms with Crippen molar-refractivity contribution in [1.82, 2.24) is 69.1 Å². The fourth-order valence-corrected chi connectivity index (χ4v) is 10.1. The SMILES string of the molecule is CC[C@H](C)[C@H](NC(=O)CNC(=O)[C@H](CCCCN)NC(=O)[C@H](CC(N)=O)NC(=O)[C@H](CCCCN)NC(=O)[C@H](CC(N)=O)NC(=O)[C@H](C)NC(=O)[C@H](CC(=O)O)NC(=O)[C@@H](NC(=O)[C@H](Cc1ccc(O)cc1)NC(=O)[C@H](CO)NC(=O)[C@H](Cc1ccccc1)NC(=O)CN)[C@@H](C)O)C(=O)N[C@H](C(=O)O)[C@@H](C)O. The number of hydrogen-bond donors (Lipinski definition) is 24. The summed E-state index contributed by atoms with van der Waals surface area (Å²) in [4.78, 5) is 227. The Bertz CT molecular complexity index is 3390. The summed E-state index contributed by atoms with van der Waals surface area (Å²) in [5.74, 6) is -21.2. The minimum atomic E-state index is -2.14. The number of aromatic hydroxyl groups is 1. The fourth-order valence-electron chi connectivity index (χ4n) is 10.1. The van der Waals surface area contributed by atoms with E-state index in [1.807, 2.05) is 0 Å². The van der Waals surface area contributed by atoms with E-state index in [1.54, 1.807) is 44.2 Å². The number of nitrogens with two attached hydrogens (primary N) is 5. The third-order valence-corrected chi connectivity index (χ3v) is 16.3. The molecule has 0 heterocycles. The molecule has 0 spiro atoms. The number of carboxylic acids is 2. The summed E-state index contributed by atoms with van der Waals surface area (Å²) in [5, 5.41) is 90.0. The van der Waals surface area contributed by atoms with Crippen LogP contribution in [0, 0.1) is 5.92 Å². The number of aliphatic carboxylic acids is 2. The van der Waals surface area contributed by atoms with Crippen molar-refractivity contribution in [3.63, 3.8) is 0 Å². The molecule has 0 radical (unpaired) electrons. The molecule has 107 heavy (non-hydrogen) atoms. The van der Waals surface area contributed by atoms with Crippen LogP contribution in [0.4, 0.5) is 0 Å². The van der Waals surface area contributed by atoms with Gasteiger partial charge in [0.1, 0.15) is 72.2 Å². The molecule has 2 aromatic carbocycles. The number of unbranched alkanes of at least 4 members (excludes halogenated alkanes) is 2. The first-order chi connectivity index (χ1) is 50.4. The molecule has 2 aromatic rings. The lowest BCUT2D eigenvalue weighted by molar-refractivity contribution is -0.145. The number of carbonyl (C=O) groups is 17. The first-order valence-corrected chi connectivity index (χ1v) is 34.2. The molecule has 41 nitrogen and oxygen atoms in total. The maximum Gasteiger partial charge on any atom is 0.328 e. The van der Waals surface area contributed by atoms with Crippen molar-refractivity contribution in [1.29, 1.82) is 0 Å². The van der Waals surface area contributed by atoms with Crippen LogP contribution in [0.5, 0.6) is 5.75 Å². The molecule has 0 aliphatic carbocycles. The van der Waals surface area contributed by atoms with Crippen molar-refractivity contribution in [2.75, 3.05) is 32.8 Å². The topological polar surface area (TPSA) is 698 Å². The standard InChI is InChI=1S/C66H102N18O23/c1-6-32(2)52(64(104)84-54(35(5)87)66(106)107)82-50(92)30-72-56(96)39(16-10-12-22-67)75-61(101)44(27-48(71)90)79-57(97)40(17-11-13-23-68)76-60(100)43(26-47(70)89)77-55(95)33(3)73-58(98)45(28-51(93)94)80-65(105)53(34(4)86)83-62(102)42(25-37-18-20-38(88)21-19-37)78-63(103)46(31-85)81-59(99)41(74-49(91)29-69)24-36-14-8-7-9-15-36/h7-9,14-15,18-21,32-35,39-46,52-54,85-88H,6,10-13,16-17,22-31,67-69H2,1-5H3,(H2,70,89)(H2,71,90)(H,72,96)(H,73,98)(H,74,91)(H,75,101)(H,76,100)(H,77,95)(H,78,103)(H,79,97)(H,80,105)(H,81,99)(H,82,92)(H,83,102)(H,84,104)(H,93,94)(H,106,107)/t32-,33-,34+,35+,39-,40-,41-,42-,43-,44-,45-,46-,52-,53-,54-/m0/s1. The minimum absolute atomic E-state index is 0.0647. The zero-order valence-corrected chi connectivity index (χ0v) is 59.9. The molecular weight excluding hydrogens is 1410 g/mol. The Morgan fingerprint density at radius 3 is 1.29 bits per heavy atom. The van der Waals surface area contributed by atoms with Crippen LogP contribution in [0.15, 0.2) is 54.6 Å². The predicted molar refractivity (Wildman–Crippen MR) is 376 cm³/mol. The average molecular weight is 1520 g/mol. The van der Waals surface area contributed by atoms with E-state index in [0.29, 0.717) is 18.4 Å². The molecule has 15 atom stereocenters. The van der Waals surface area contributed by atoms with Crippen LogP contribution in [0.1, 0.15) is 110 Å². The lowest BCUT2D eigenvalue weighted by atomic mass is 9.97. The lowest BCUT2D eigenvalue weighted by Crippen LogP contribution is -2.62. The Morgan fingerprint density at radius 1 is 0.411 bits per heavy atom. The monoisotopic (exact) mass is 1510 g/mol. The summed E-state index contributed by atoms with van der Waals surface area (Å²) in [5.41, 5.74) is 28.6.